The fourth-order valence-electron chi connectivity index (χ4n) is 2.44. The van der Waals surface area contributed by atoms with E-state index in [2.05, 4.69) is 10.6 Å². The Morgan fingerprint density at radius 1 is 1.17 bits per heavy atom. The largest absolute Gasteiger partial charge is 0.478 e. The van der Waals surface area contributed by atoms with Crippen LogP contribution in [0.2, 0.25) is 0 Å². The monoisotopic (exact) mass is 324 g/mol. The van der Waals surface area contributed by atoms with E-state index in [0.717, 1.165) is 5.56 Å². The average Bonchev–Trinajstić information content (AvgIpc) is 2.59. The normalized spacial score (nSPS) is 16.6. The number of alkyl halides is 1. The number of amides is 2. The second-order valence-corrected chi connectivity index (χ2v) is 5.78. The van der Waals surface area contributed by atoms with E-state index < -0.39 is 18.1 Å². The van der Waals surface area contributed by atoms with Crippen molar-refractivity contribution in [3.8, 4) is 0 Å². The molecule has 126 valence electrons. The summed E-state index contributed by atoms with van der Waals surface area (Å²) in [5.41, 5.74) is 0.456. The average molecular weight is 324 g/mol. The first-order chi connectivity index (χ1) is 11.0. The van der Waals surface area contributed by atoms with Gasteiger partial charge in [-0.1, -0.05) is 12.1 Å². The van der Waals surface area contributed by atoms with Crippen molar-refractivity contribution in [3.63, 3.8) is 0 Å². The molecule has 1 saturated heterocycles. The molecule has 1 aliphatic rings. The van der Waals surface area contributed by atoms with E-state index in [0.29, 0.717) is 26.1 Å². The molecule has 0 spiro atoms. The molecule has 0 unspecified atom stereocenters. The minimum atomic E-state index is -0.991. The standard InChI is InChI=1S/C16H21FN2O4/c17-10-16(5-7-23-8-6-16)11-19-15(22)18-9-12-1-3-13(4-2-12)14(20)21/h1-4H,5-11H2,(H,20,21)(H2,18,19,22). The number of hydrogen-bond donors (Lipinski definition) is 3. The first kappa shape index (κ1) is 17.2. The third-order valence-electron chi connectivity index (χ3n) is 4.11. The van der Waals surface area contributed by atoms with Crippen LogP contribution < -0.4 is 10.6 Å². The number of carboxylic acids is 1. The number of rotatable bonds is 6. The van der Waals surface area contributed by atoms with Crippen molar-refractivity contribution in [1.29, 1.82) is 0 Å². The fourth-order valence-corrected chi connectivity index (χ4v) is 2.44. The Morgan fingerprint density at radius 3 is 2.39 bits per heavy atom. The predicted molar refractivity (Wildman–Crippen MR) is 82.1 cm³/mol. The van der Waals surface area contributed by atoms with E-state index in [-0.39, 0.29) is 24.7 Å². The number of urea groups is 1. The van der Waals surface area contributed by atoms with Gasteiger partial charge in [0.2, 0.25) is 0 Å². The topological polar surface area (TPSA) is 87.7 Å². The molecule has 1 aromatic rings. The smallest absolute Gasteiger partial charge is 0.335 e. The lowest BCUT2D eigenvalue weighted by molar-refractivity contribution is 0.00363. The van der Waals surface area contributed by atoms with E-state index >= 15 is 0 Å². The molecule has 0 saturated carbocycles. The number of aromatic carboxylic acids is 1. The third kappa shape index (κ3) is 4.92. The van der Waals surface area contributed by atoms with Crippen molar-refractivity contribution in [1.82, 2.24) is 10.6 Å². The van der Waals surface area contributed by atoms with Crippen LogP contribution in [0.3, 0.4) is 0 Å². The molecule has 7 heteroatoms. The molecular weight excluding hydrogens is 303 g/mol. The molecule has 2 rings (SSSR count). The van der Waals surface area contributed by atoms with Crippen LogP contribution in [0.1, 0.15) is 28.8 Å². The van der Waals surface area contributed by atoms with Gasteiger partial charge in [-0.25, -0.2) is 9.59 Å². The first-order valence-corrected chi connectivity index (χ1v) is 7.52. The van der Waals surface area contributed by atoms with Gasteiger partial charge in [-0.2, -0.15) is 0 Å². The summed E-state index contributed by atoms with van der Waals surface area (Å²) in [4.78, 5) is 22.6. The fraction of sp³-hybridized carbons (Fsp3) is 0.500. The van der Waals surface area contributed by atoms with Crippen molar-refractivity contribution in [2.24, 2.45) is 5.41 Å². The zero-order valence-corrected chi connectivity index (χ0v) is 12.8. The molecular formula is C16H21FN2O4. The Morgan fingerprint density at radius 2 is 1.83 bits per heavy atom. The number of halogens is 1. The quantitative estimate of drug-likeness (QED) is 0.746. The van der Waals surface area contributed by atoms with Gasteiger partial charge in [0.25, 0.3) is 0 Å². The number of carboxylic acid groups (broad SMARTS) is 1. The van der Waals surface area contributed by atoms with Crippen LogP contribution in [0.25, 0.3) is 0 Å². The molecule has 0 atom stereocenters. The molecule has 2 amide bonds. The second kappa shape index (κ2) is 7.92. The summed E-state index contributed by atoms with van der Waals surface area (Å²) in [7, 11) is 0. The molecule has 0 aromatic heterocycles. The lowest BCUT2D eigenvalue weighted by Gasteiger charge is -2.34. The maximum Gasteiger partial charge on any atom is 0.335 e. The van der Waals surface area contributed by atoms with Gasteiger partial charge < -0.3 is 20.5 Å². The van der Waals surface area contributed by atoms with Crippen molar-refractivity contribution < 1.29 is 23.8 Å². The van der Waals surface area contributed by atoms with Gasteiger partial charge in [0.15, 0.2) is 0 Å². The summed E-state index contributed by atoms with van der Waals surface area (Å²) in [6.07, 6.45) is 1.20. The van der Waals surface area contributed by atoms with Crippen LogP contribution in [0.5, 0.6) is 0 Å². The van der Waals surface area contributed by atoms with E-state index in [9.17, 15) is 14.0 Å². The predicted octanol–water partition coefficient (Wildman–Crippen LogP) is 1.95. The molecule has 1 heterocycles. The summed E-state index contributed by atoms with van der Waals surface area (Å²) in [5, 5.41) is 14.2. The highest BCUT2D eigenvalue weighted by Gasteiger charge is 2.33. The molecule has 3 N–H and O–H groups in total. The number of ether oxygens (including phenoxy) is 1. The number of benzene rings is 1. The molecule has 0 aliphatic carbocycles. The Labute approximate surface area is 134 Å². The SMILES string of the molecule is O=C(NCc1ccc(C(=O)O)cc1)NCC1(CF)CCOCC1. The number of carbonyl (C=O) groups excluding carboxylic acids is 1. The Hall–Kier alpha value is -2.15. The number of hydrogen-bond acceptors (Lipinski definition) is 3. The zero-order valence-electron chi connectivity index (χ0n) is 12.8. The lowest BCUT2D eigenvalue weighted by atomic mass is 9.81. The Bertz CT molecular complexity index is 542. The minimum Gasteiger partial charge on any atom is -0.478 e. The maximum absolute atomic E-state index is 13.3. The van der Waals surface area contributed by atoms with Gasteiger partial charge in [0.05, 0.1) is 12.2 Å². The van der Waals surface area contributed by atoms with Gasteiger partial charge in [-0.05, 0) is 30.5 Å². The van der Waals surface area contributed by atoms with E-state index in [1.807, 2.05) is 0 Å². The highest BCUT2D eigenvalue weighted by molar-refractivity contribution is 5.87. The van der Waals surface area contributed by atoms with Crippen LogP contribution in [0.15, 0.2) is 24.3 Å². The van der Waals surface area contributed by atoms with Crippen LogP contribution in [0, 0.1) is 5.41 Å². The summed E-state index contributed by atoms with van der Waals surface area (Å²) in [6.45, 7) is 1.10. The molecule has 1 aromatic carbocycles. The molecule has 1 aliphatic heterocycles. The van der Waals surface area contributed by atoms with Gasteiger partial charge in [-0.3, -0.25) is 4.39 Å². The summed E-state index contributed by atoms with van der Waals surface area (Å²) >= 11 is 0. The summed E-state index contributed by atoms with van der Waals surface area (Å²) in [5.74, 6) is -0.991. The molecule has 0 radical (unpaired) electrons. The van der Waals surface area contributed by atoms with E-state index in [4.69, 9.17) is 9.84 Å². The molecule has 0 bridgehead atoms. The van der Waals surface area contributed by atoms with Gasteiger partial charge in [-0.15, -0.1) is 0 Å². The highest BCUT2D eigenvalue weighted by Crippen LogP contribution is 2.30. The Balaban J connectivity index is 1.77. The number of nitrogens with one attached hydrogen (secondary N) is 2. The molecule has 1 fully saturated rings. The van der Waals surface area contributed by atoms with Crippen molar-refractivity contribution in [2.45, 2.75) is 19.4 Å². The molecule has 23 heavy (non-hydrogen) atoms. The minimum absolute atomic E-state index is 0.197. The van der Waals surface area contributed by atoms with E-state index in [1.54, 1.807) is 12.1 Å². The highest BCUT2D eigenvalue weighted by atomic mass is 19.1. The maximum atomic E-state index is 13.3. The van der Waals surface area contributed by atoms with Crippen LogP contribution in [-0.4, -0.2) is 43.5 Å². The van der Waals surface area contributed by atoms with E-state index in [1.165, 1.54) is 12.1 Å². The second-order valence-electron chi connectivity index (χ2n) is 5.78. The Kier molecular flexibility index (Phi) is 5.92. The summed E-state index contributed by atoms with van der Waals surface area (Å²) in [6, 6.07) is 5.89. The first-order valence-electron chi connectivity index (χ1n) is 7.52. The molecule has 6 nitrogen and oxygen atoms in total. The van der Waals surface area contributed by atoms with Crippen LogP contribution in [0.4, 0.5) is 9.18 Å². The zero-order chi connectivity index (χ0) is 16.7. The lowest BCUT2D eigenvalue weighted by Crippen LogP contribution is -2.45. The van der Waals surface area contributed by atoms with Gasteiger partial charge in [0, 0.05) is 31.7 Å². The third-order valence-corrected chi connectivity index (χ3v) is 4.11. The number of carbonyl (C=O) groups is 2. The summed E-state index contributed by atoms with van der Waals surface area (Å²) < 4.78 is 18.5. The van der Waals surface area contributed by atoms with Crippen molar-refractivity contribution in [3.05, 3.63) is 35.4 Å². The van der Waals surface area contributed by atoms with Crippen molar-refractivity contribution in [2.75, 3.05) is 26.4 Å². The van der Waals surface area contributed by atoms with Crippen LogP contribution >= 0.6 is 0 Å². The van der Waals surface area contributed by atoms with Crippen molar-refractivity contribution >= 4 is 12.0 Å². The van der Waals surface area contributed by atoms with Gasteiger partial charge in [0.1, 0.15) is 0 Å². The van der Waals surface area contributed by atoms with Gasteiger partial charge >= 0.3 is 12.0 Å². The van der Waals surface area contributed by atoms with Crippen LogP contribution in [-0.2, 0) is 11.3 Å².